The molecule has 1 aromatic carbocycles. The topological polar surface area (TPSA) is 98.2 Å². The van der Waals surface area contributed by atoms with Gasteiger partial charge in [0.25, 0.3) is 5.91 Å². The predicted molar refractivity (Wildman–Crippen MR) is 75.2 cm³/mol. The van der Waals surface area contributed by atoms with Gasteiger partial charge in [0.2, 0.25) is 5.91 Å². The van der Waals surface area contributed by atoms with E-state index in [-0.39, 0.29) is 24.4 Å². The van der Waals surface area contributed by atoms with E-state index in [2.05, 4.69) is 5.32 Å². The van der Waals surface area contributed by atoms with Crippen molar-refractivity contribution in [3.63, 3.8) is 0 Å². The van der Waals surface area contributed by atoms with Crippen LogP contribution in [0.3, 0.4) is 0 Å². The van der Waals surface area contributed by atoms with Crippen molar-refractivity contribution < 1.29 is 9.59 Å². The molecule has 0 saturated heterocycles. The summed E-state index contributed by atoms with van der Waals surface area (Å²) in [4.78, 5) is 22.9. The molecule has 0 radical (unpaired) electrons. The molecule has 1 atom stereocenters. The molecule has 0 aliphatic heterocycles. The van der Waals surface area contributed by atoms with Crippen LogP contribution in [0, 0.1) is 5.92 Å². The third-order valence-electron chi connectivity index (χ3n) is 3.19. The summed E-state index contributed by atoms with van der Waals surface area (Å²) in [6.45, 7) is 0.454. The van der Waals surface area contributed by atoms with E-state index in [4.69, 9.17) is 11.5 Å². The molecule has 1 aliphatic carbocycles. The minimum atomic E-state index is -0.500. The third kappa shape index (κ3) is 3.94. The van der Waals surface area contributed by atoms with Gasteiger partial charge in [-0.25, -0.2) is 0 Å². The maximum absolute atomic E-state index is 11.9. The van der Waals surface area contributed by atoms with Gasteiger partial charge >= 0.3 is 0 Å². The lowest BCUT2D eigenvalue weighted by Gasteiger charge is -2.15. The van der Waals surface area contributed by atoms with Gasteiger partial charge in [0.05, 0.1) is 0 Å². The van der Waals surface area contributed by atoms with E-state index in [1.807, 2.05) is 0 Å². The summed E-state index contributed by atoms with van der Waals surface area (Å²) >= 11 is 0. The lowest BCUT2D eigenvalue weighted by atomic mass is 10.1. The number of halogens is 1. The molecular weight excluding hydrogens is 266 g/mol. The number of nitrogens with two attached hydrogens (primary N) is 2. The molecule has 0 spiro atoms. The molecule has 1 fully saturated rings. The Morgan fingerprint density at radius 2 is 1.74 bits per heavy atom. The summed E-state index contributed by atoms with van der Waals surface area (Å²) in [5, 5.41) is 2.91. The van der Waals surface area contributed by atoms with Crippen molar-refractivity contribution in [2.24, 2.45) is 17.4 Å². The summed E-state index contributed by atoms with van der Waals surface area (Å²) in [6, 6.07) is 6.33. The number of carbonyl (C=O) groups excluding carboxylic acids is 2. The Labute approximate surface area is 118 Å². The maximum Gasteiger partial charge on any atom is 0.251 e. The van der Waals surface area contributed by atoms with Crippen LogP contribution in [0.1, 0.15) is 33.6 Å². The largest absolute Gasteiger partial charge is 0.366 e. The maximum atomic E-state index is 11.9. The molecule has 2 rings (SSSR count). The Morgan fingerprint density at radius 1 is 1.21 bits per heavy atom. The number of hydrogen-bond donors (Lipinski definition) is 3. The number of rotatable bonds is 5. The molecule has 0 aromatic heterocycles. The molecular formula is C13H18ClN3O2. The van der Waals surface area contributed by atoms with E-state index in [1.54, 1.807) is 24.3 Å². The molecule has 5 N–H and O–H groups in total. The number of benzene rings is 1. The Kier molecular flexibility index (Phi) is 5.32. The van der Waals surface area contributed by atoms with Crippen LogP contribution in [0.5, 0.6) is 0 Å². The molecule has 1 aromatic rings. The van der Waals surface area contributed by atoms with Crippen molar-refractivity contribution in [3.05, 3.63) is 35.4 Å². The smallest absolute Gasteiger partial charge is 0.251 e. The van der Waals surface area contributed by atoms with Gasteiger partial charge in [0.15, 0.2) is 0 Å². The van der Waals surface area contributed by atoms with Crippen LogP contribution < -0.4 is 16.8 Å². The molecule has 1 saturated carbocycles. The average Bonchev–Trinajstić information content (AvgIpc) is 3.20. The van der Waals surface area contributed by atoms with Crippen LogP contribution in [0.2, 0.25) is 0 Å². The SMILES string of the molecule is Cl.NCC(NC(=O)c1ccc(C(N)=O)cc1)C1CC1. The van der Waals surface area contributed by atoms with E-state index in [0.717, 1.165) is 12.8 Å². The summed E-state index contributed by atoms with van der Waals surface area (Å²) in [5.41, 5.74) is 11.7. The zero-order chi connectivity index (χ0) is 13.1. The van der Waals surface area contributed by atoms with E-state index in [0.29, 0.717) is 23.6 Å². The fourth-order valence-electron chi connectivity index (χ4n) is 1.91. The van der Waals surface area contributed by atoms with Gasteiger partial charge in [0, 0.05) is 23.7 Å². The fraction of sp³-hybridized carbons (Fsp3) is 0.385. The number of amides is 2. The molecule has 104 valence electrons. The Morgan fingerprint density at radius 3 is 2.16 bits per heavy atom. The normalized spacial score (nSPS) is 15.2. The van der Waals surface area contributed by atoms with E-state index < -0.39 is 5.91 Å². The highest BCUT2D eigenvalue weighted by Crippen LogP contribution is 2.32. The second kappa shape index (κ2) is 6.54. The van der Waals surface area contributed by atoms with Crippen molar-refractivity contribution in [1.82, 2.24) is 5.32 Å². The Balaban J connectivity index is 0.00000180. The van der Waals surface area contributed by atoms with Crippen LogP contribution in [0.4, 0.5) is 0 Å². The molecule has 1 aliphatic rings. The van der Waals surface area contributed by atoms with Gasteiger partial charge in [0.1, 0.15) is 0 Å². The first-order valence-corrected chi connectivity index (χ1v) is 6.02. The van der Waals surface area contributed by atoms with Crippen molar-refractivity contribution in [3.8, 4) is 0 Å². The molecule has 1 unspecified atom stereocenters. The molecule has 0 bridgehead atoms. The first kappa shape index (κ1) is 15.5. The predicted octanol–water partition coefficient (Wildman–Crippen LogP) is 0.674. The first-order valence-electron chi connectivity index (χ1n) is 6.02. The van der Waals surface area contributed by atoms with E-state index in [9.17, 15) is 9.59 Å². The van der Waals surface area contributed by atoms with Crippen molar-refractivity contribution >= 4 is 24.2 Å². The lowest BCUT2D eigenvalue weighted by molar-refractivity contribution is 0.0931. The summed E-state index contributed by atoms with van der Waals surface area (Å²) < 4.78 is 0. The van der Waals surface area contributed by atoms with Crippen LogP contribution in [-0.4, -0.2) is 24.4 Å². The number of hydrogen-bond acceptors (Lipinski definition) is 3. The fourth-order valence-corrected chi connectivity index (χ4v) is 1.91. The highest BCUT2D eigenvalue weighted by atomic mass is 35.5. The number of primary amides is 1. The van der Waals surface area contributed by atoms with E-state index >= 15 is 0 Å². The summed E-state index contributed by atoms with van der Waals surface area (Å²) in [7, 11) is 0. The molecule has 0 heterocycles. The number of carbonyl (C=O) groups is 2. The van der Waals surface area contributed by atoms with E-state index in [1.165, 1.54) is 0 Å². The monoisotopic (exact) mass is 283 g/mol. The van der Waals surface area contributed by atoms with Gasteiger partial charge in [-0.1, -0.05) is 0 Å². The first-order chi connectivity index (χ1) is 8.61. The minimum absolute atomic E-state index is 0. The summed E-state index contributed by atoms with van der Waals surface area (Å²) in [6.07, 6.45) is 2.26. The van der Waals surface area contributed by atoms with Gasteiger partial charge in [-0.3, -0.25) is 9.59 Å². The standard InChI is InChI=1S/C13H17N3O2.ClH/c14-7-11(8-1-2-8)16-13(18)10-5-3-9(4-6-10)12(15)17;/h3-6,8,11H,1-2,7,14H2,(H2,15,17)(H,16,18);1H. The molecule has 6 heteroatoms. The Bertz CT molecular complexity index is 457. The van der Waals surface area contributed by atoms with Crippen molar-refractivity contribution in [2.75, 3.05) is 6.54 Å². The van der Waals surface area contributed by atoms with Crippen molar-refractivity contribution in [1.29, 1.82) is 0 Å². The van der Waals surface area contributed by atoms with Crippen LogP contribution >= 0.6 is 12.4 Å². The van der Waals surface area contributed by atoms with Crippen molar-refractivity contribution in [2.45, 2.75) is 18.9 Å². The van der Waals surface area contributed by atoms with Crippen LogP contribution in [-0.2, 0) is 0 Å². The Hall–Kier alpha value is -1.59. The summed E-state index contributed by atoms with van der Waals surface area (Å²) in [5.74, 6) is -0.142. The van der Waals surface area contributed by atoms with Gasteiger partial charge in [-0.2, -0.15) is 0 Å². The van der Waals surface area contributed by atoms with Gasteiger partial charge in [-0.15, -0.1) is 12.4 Å². The average molecular weight is 284 g/mol. The molecule has 2 amide bonds. The van der Waals surface area contributed by atoms with Gasteiger partial charge in [-0.05, 0) is 43.0 Å². The second-order valence-electron chi connectivity index (χ2n) is 4.59. The van der Waals surface area contributed by atoms with Crippen LogP contribution in [0.25, 0.3) is 0 Å². The van der Waals surface area contributed by atoms with Crippen LogP contribution in [0.15, 0.2) is 24.3 Å². The minimum Gasteiger partial charge on any atom is -0.366 e. The number of nitrogens with one attached hydrogen (secondary N) is 1. The lowest BCUT2D eigenvalue weighted by Crippen LogP contribution is -2.41. The third-order valence-corrected chi connectivity index (χ3v) is 3.19. The molecule has 19 heavy (non-hydrogen) atoms. The highest BCUT2D eigenvalue weighted by Gasteiger charge is 2.31. The quantitative estimate of drug-likeness (QED) is 0.741. The highest BCUT2D eigenvalue weighted by molar-refractivity contribution is 5.97. The molecule has 5 nitrogen and oxygen atoms in total. The second-order valence-corrected chi connectivity index (χ2v) is 4.59. The zero-order valence-corrected chi connectivity index (χ0v) is 11.3. The van der Waals surface area contributed by atoms with Gasteiger partial charge < -0.3 is 16.8 Å². The zero-order valence-electron chi connectivity index (χ0n) is 10.5.